The standard InChI is InChI=1S/C20H23ClN3O4/c1-3-27-19(25)15-12-22-20(24-9-5-4-6-10-24)23-18(15)28-13-14-7-8-17(26-2)16(21)11-14/h5,7-8,11-12H,3-4,6,9-10,13H2,1-2H3. The minimum Gasteiger partial charge on any atom is -0.495 e. The molecule has 7 nitrogen and oxygen atoms in total. The fourth-order valence-corrected chi connectivity index (χ4v) is 3.15. The summed E-state index contributed by atoms with van der Waals surface area (Å²) in [4.78, 5) is 23.1. The monoisotopic (exact) mass is 404 g/mol. The first-order valence-corrected chi connectivity index (χ1v) is 9.56. The van der Waals surface area contributed by atoms with Crippen LogP contribution in [0, 0.1) is 6.42 Å². The van der Waals surface area contributed by atoms with Crippen molar-refractivity contribution in [3.63, 3.8) is 0 Å². The van der Waals surface area contributed by atoms with Crippen LogP contribution in [0.15, 0.2) is 24.4 Å². The third-order valence-electron chi connectivity index (χ3n) is 4.30. The first kappa shape index (κ1) is 20.2. The van der Waals surface area contributed by atoms with E-state index in [0.717, 1.165) is 31.5 Å². The smallest absolute Gasteiger partial charge is 0.345 e. The number of hydrogen-bond acceptors (Lipinski definition) is 7. The number of esters is 1. The number of ether oxygens (including phenoxy) is 3. The van der Waals surface area contributed by atoms with E-state index >= 15 is 0 Å². The van der Waals surface area contributed by atoms with Gasteiger partial charge >= 0.3 is 5.97 Å². The molecule has 1 aromatic carbocycles. The average molecular weight is 405 g/mol. The van der Waals surface area contributed by atoms with E-state index in [2.05, 4.69) is 21.3 Å². The van der Waals surface area contributed by atoms with Crippen molar-refractivity contribution in [1.29, 1.82) is 0 Å². The summed E-state index contributed by atoms with van der Waals surface area (Å²) in [5, 5.41) is 0.487. The van der Waals surface area contributed by atoms with Gasteiger partial charge in [-0.1, -0.05) is 17.7 Å². The molecule has 28 heavy (non-hydrogen) atoms. The molecule has 0 unspecified atom stereocenters. The second kappa shape index (κ2) is 9.59. The lowest BCUT2D eigenvalue weighted by atomic mass is 10.1. The number of halogens is 1. The molecule has 149 valence electrons. The van der Waals surface area contributed by atoms with Crippen molar-refractivity contribution in [3.8, 4) is 11.6 Å². The molecule has 1 aliphatic heterocycles. The van der Waals surface area contributed by atoms with Gasteiger partial charge in [-0.2, -0.15) is 4.98 Å². The van der Waals surface area contributed by atoms with Gasteiger partial charge in [-0.25, -0.2) is 9.78 Å². The fraction of sp³-hybridized carbons (Fsp3) is 0.400. The Kier molecular flexibility index (Phi) is 6.92. The molecule has 0 saturated carbocycles. The number of nitrogens with zero attached hydrogens (tertiary/aromatic N) is 3. The highest BCUT2D eigenvalue weighted by atomic mass is 35.5. The highest BCUT2D eigenvalue weighted by Crippen LogP contribution is 2.27. The van der Waals surface area contributed by atoms with Crippen LogP contribution >= 0.6 is 11.6 Å². The largest absolute Gasteiger partial charge is 0.495 e. The molecule has 2 heterocycles. The highest BCUT2D eigenvalue weighted by molar-refractivity contribution is 6.32. The van der Waals surface area contributed by atoms with Crippen molar-refractivity contribution in [2.75, 3.05) is 31.7 Å². The fourth-order valence-electron chi connectivity index (χ4n) is 2.87. The number of carbonyl (C=O) groups is 1. The summed E-state index contributed by atoms with van der Waals surface area (Å²) in [6, 6.07) is 5.37. The highest BCUT2D eigenvalue weighted by Gasteiger charge is 2.21. The summed E-state index contributed by atoms with van der Waals surface area (Å²) in [7, 11) is 1.56. The van der Waals surface area contributed by atoms with E-state index in [-0.39, 0.29) is 24.7 Å². The van der Waals surface area contributed by atoms with Gasteiger partial charge in [0.2, 0.25) is 11.8 Å². The van der Waals surface area contributed by atoms with Gasteiger partial charge in [0.25, 0.3) is 0 Å². The Morgan fingerprint density at radius 1 is 1.36 bits per heavy atom. The van der Waals surface area contributed by atoms with Gasteiger partial charge in [-0.3, -0.25) is 0 Å². The van der Waals surface area contributed by atoms with Gasteiger partial charge in [0.15, 0.2) is 0 Å². The molecule has 1 saturated heterocycles. The Bertz CT molecular complexity index is 825. The lowest BCUT2D eigenvalue weighted by Crippen LogP contribution is -2.31. The molecule has 1 fully saturated rings. The quantitative estimate of drug-likeness (QED) is 0.651. The molecule has 1 radical (unpaired) electrons. The second-order valence-electron chi connectivity index (χ2n) is 6.24. The van der Waals surface area contributed by atoms with Gasteiger partial charge in [0.1, 0.15) is 17.9 Å². The topological polar surface area (TPSA) is 73.8 Å². The van der Waals surface area contributed by atoms with E-state index < -0.39 is 5.97 Å². The number of anilines is 1. The zero-order valence-electron chi connectivity index (χ0n) is 16.0. The lowest BCUT2D eigenvalue weighted by Gasteiger charge is -2.26. The van der Waals surface area contributed by atoms with Crippen molar-refractivity contribution in [2.45, 2.75) is 26.4 Å². The SMILES string of the molecule is CCOC(=O)c1cnc(N2C[CH]CCC2)nc1OCc1ccc(OC)c(Cl)c1. The Morgan fingerprint density at radius 3 is 2.89 bits per heavy atom. The molecule has 1 aromatic heterocycles. The molecule has 0 atom stereocenters. The van der Waals surface area contributed by atoms with Gasteiger partial charge < -0.3 is 19.1 Å². The van der Waals surface area contributed by atoms with Crippen LogP contribution in [0.4, 0.5) is 5.95 Å². The molecule has 0 amide bonds. The number of piperidine rings is 1. The molecule has 3 rings (SSSR count). The number of hydrogen-bond donors (Lipinski definition) is 0. The summed E-state index contributed by atoms with van der Waals surface area (Å²) < 4.78 is 16.1. The molecule has 0 spiro atoms. The van der Waals surface area contributed by atoms with Crippen molar-refractivity contribution >= 4 is 23.5 Å². The van der Waals surface area contributed by atoms with E-state index in [1.54, 1.807) is 26.2 Å². The van der Waals surface area contributed by atoms with Crippen LogP contribution in [0.1, 0.15) is 35.7 Å². The van der Waals surface area contributed by atoms with Gasteiger partial charge in [0, 0.05) is 13.1 Å². The lowest BCUT2D eigenvalue weighted by molar-refractivity contribution is 0.0519. The van der Waals surface area contributed by atoms with Crippen LogP contribution in [0.25, 0.3) is 0 Å². The van der Waals surface area contributed by atoms with Gasteiger partial charge in [-0.15, -0.1) is 0 Å². The number of rotatable bonds is 7. The third kappa shape index (κ3) is 4.84. The Hall–Kier alpha value is -2.54. The first-order valence-electron chi connectivity index (χ1n) is 9.18. The van der Waals surface area contributed by atoms with Crippen molar-refractivity contribution in [3.05, 3.63) is 47.0 Å². The minimum absolute atomic E-state index is 0.193. The van der Waals surface area contributed by atoms with E-state index in [4.69, 9.17) is 25.8 Å². The van der Waals surface area contributed by atoms with Crippen LogP contribution in [0.2, 0.25) is 5.02 Å². The second-order valence-corrected chi connectivity index (χ2v) is 6.65. The van der Waals surface area contributed by atoms with Crippen LogP contribution in [0.5, 0.6) is 11.6 Å². The number of carbonyl (C=O) groups excluding carboxylic acids is 1. The molecule has 2 aromatic rings. The van der Waals surface area contributed by atoms with Crippen LogP contribution in [-0.4, -0.2) is 42.7 Å². The molecule has 0 N–H and O–H groups in total. The molecule has 1 aliphatic rings. The van der Waals surface area contributed by atoms with Crippen molar-refractivity contribution in [1.82, 2.24) is 9.97 Å². The van der Waals surface area contributed by atoms with E-state index in [0.29, 0.717) is 16.7 Å². The Morgan fingerprint density at radius 2 is 2.21 bits per heavy atom. The minimum atomic E-state index is -0.512. The van der Waals surface area contributed by atoms with Crippen LogP contribution < -0.4 is 14.4 Å². The average Bonchev–Trinajstić information content (AvgIpc) is 2.73. The molecule has 0 aliphatic carbocycles. The summed E-state index contributed by atoms with van der Waals surface area (Å²) in [6.07, 6.45) is 5.78. The maximum absolute atomic E-state index is 12.3. The van der Waals surface area contributed by atoms with Gasteiger partial charge in [0.05, 0.1) is 24.9 Å². The van der Waals surface area contributed by atoms with Crippen molar-refractivity contribution < 1.29 is 19.0 Å². The van der Waals surface area contributed by atoms with Crippen LogP contribution in [0.3, 0.4) is 0 Å². The van der Waals surface area contributed by atoms with Gasteiger partial charge in [-0.05, 0) is 43.9 Å². The predicted molar refractivity (Wildman–Crippen MR) is 106 cm³/mol. The van der Waals surface area contributed by atoms with Crippen molar-refractivity contribution in [2.24, 2.45) is 0 Å². The maximum atomic E-state index is 12.3. The Balaban J connectivity index is 1.82. The maximum Gasteiger partial charge on any atom is 0.345 e. The van der Waals surface area contributed by atoms with E-state index in [9.17, 15) is 4.79 Å². The zero-order valence-corrected chi connectivity index (χ0v) is 16.7. The summed E-state index contributed by atoms with van der Waals surface area (Å²) in [5.41, 5.74) is 1.03. The summed E-state index contributed by atoms with van der Waals surface area (Å²) in [6.45, 7) is 3.83. The first-order chi connectivity index (χ1) is 13.6. The number of methoxy groups -OCH3 is 1. The third-order valence-corrected chi connectivity index (χ3v) is 4.59. The van der Waals surface area contributed by atoms with E-state index in [1.165, 1.54) is 6.20 Å². The number of benzene rings is 1. The summed E-state index contributed by atoms with van der Waals surface area (Å²) in [5.74, 6) is 0.804. The zero-order chi connectivity index (χ0) is 19.9. The predicted octanol–water partition coefficient (Wildman–Crippen LogP) is 3.70. The molecular weight excluding hydrogens is 382 g/mol. The normalized spacial score (nSPS) is 13.9. The summed E-state index contributed by atoms with van der Waals surface area (Å²) >= 11 is 6.17. The Labute approximate surface area is 169 Å². The van der Waals surface area contributed by atoms with E-state index in [1.807, 2.05) is 6.07 Å². The van der Waals surface area contributed by atoms with Crippen LogP contribution in [-0.2, 0) is 11.3 Å². The number of aromatic nitrogens is 2. The molecule has 8 heteroatoms. The molecular formula is C20H23ClN3O4. The molecule has 0 bridgehead atoms.